The summed E-state index contributed by atoms with van der Waals surface area (Å²) in [5.41, 5.74) is 0.227. The fourth-order valence-electron chi connectivity index (χ4n) is 1.13. The summed E-state index contributed by atoms with van der Waals surface area (Å²) in [4.78, 5) is 14.7. The molecular weight excluding hydrogens is 258 g/mol. The monoisotopic (exact) mass is 271 g/mol. The van der Waals surface area contributed by atoms with Crippen LogP contribution in [0.15, 0.2) is 30.6 Å². The van der Waals surface area contributed by atoms with Crippen LogP contribution in [0.4, 0.5) is 0 Å². The van der Waals surface area contributed by atoms with Crippen LogP contribution in [0.25, 0.3) is 11.0 Å². The van der Waals surface area contributed by atoms with Gasteiger partial charge in [0.2, 0.25) is 6.41 Å². The molecule has 0 bridgehead atoms. The standard InChI is InChI=1S/C7H6N2O3S.C3H7NO/c10-13(11,12)9-5-3-6-2-1-4-8-7(6)9;1-4(2)3-5/h1-5H,(H,10,11,12);3H,1-2H3. The summed E-state index contributed by atoms with van der Waals surface area (Å²) in [6, 6.07) is 4.97. The van der Waals surface area contributed by atoms with Gasteiger partial charge in [0.25, 0.3) is 0 Å². The Balaban J connectivity index is 0.000000280. The number of rotatable bonds is 2. The van der Waals surface area contributed by atoms with E-state index in [1.807, 2.05) is 0 Å². The quantitative estimate of drug-likeness (QED) is 0.630. The van der Waals surface area contributed by atoms with E-state index in [1.165, 1.54) is 17.3 Å². The molecule has 0 aliphatic heterocycles. The maximum atomic E-state index is 10.8. The van der Waals surface area contributed by atoms with E-state index in [-0.39, 0.29) is 5.65 Å². The smallest absolute Gasteiger partial charge is 0.351 e. The predicted octanol–water partition coefficient (Wildman–Crippen LogP) is 0.392. The molecule has 2 aromatic heterocycles. The second-order valence-electron chi connectivity index (χ2n) is 3.57. The van der Waals surface area contributed by atoms with Crippen molar-refractivity contribution in [1.29, 1.82) is 0 Å². The summed E-state index contributed by atoms with van der Waals surface area (Å²) in [6.07, 6.45) is 3.47. The van der Waals surface area contributed by atoms with E-state index in [2.05, 4.69) is 4.98 Å². The Hall–Kier alpha value is -1.93. The Morgan fingerprint density at radius 1 is 1.39 bits per heavy atom. The van der Waals surface area contributed by atoms with Crippen LogP contribution in [0.3, 0.4) is 0 Å². The zero-order chi connectivity index (χ0) is 13.8. The van der Waals surface area contributed by atoms with Crippen molar-refractivity contribution in [3.63, 3.8) is 0 Å². The van der Waals surface area contributed by atoms with Gasteiger partial charge in [-0.2, -0.15) is 8.42 Å². The van der Waals surface area contributed by atoms with Gasteiger partial charge in [-0.05, 0) is 18.2 Å². The lowest BCUT2D eigenvalue weighted by Crippen LogP contribution is -2.09. The van der Waals surface area contributed by atoms with E-state index in [1.54, 1.807) is 32.3 Å². The number of carbonyl (C=O) groups excluding carboxylic acids is 1. The molecule has 8 heteroatoms. The zero-order valence-electron chi connectivity index (χ0n) is 9.89. The van der Waals surface area contributed by atoms with Crippen molar-refractivity contribution < 1.29 is 17.8 Å². The second kappa shape index (κ2) is 5.61. The van der Waals surface area contributed by atoms with Crippen LogP contribution in [0, 0.1) is 0 Å². The summed E-state index contributed by atoms with van der Waals surface area (Å²) < 4.78 is 31.1. The Morgan fingerprint density at radius 3 is 2.50 bits per heavy atom. The highest BCUT2D eigenvalue weighted by Crippen LogP contribution is 2.13. The maximum absolute atomic E-state index is 10.8. The minimum atomic E-state index is -4.23. The topological polar surface area (TPSA) is 92.5 Å². The Kier molecular flexibility index (Phi) is 4.40. The molecular formula is C10H13N3O4S. The van der Waals surface area contributed by atoms with Gasteiger partial charge in [0, 0.05) is 31.9 Å². The van der Waals surface area contributed by atoms with Crippen molar-refractivity contribution in [1.82, 2.24) is 13.9 Å². The number of amides is 1. The highest BCUT2D eigenvalue weighted by Gasteiger charge is 2.11. The van der Waals surface area contributed by atoms with Crippen molar-refractivity contribution in [3.8, 4) is 0 Å². The Bertz CT molecular complexity index is 633. The van der Waals surface area contributed by atoms with Gasteiger partial charge in [0.15, 0.2) is 5.65 Å². The molecule has 0 atom stereocenters. The molecule has 2 heterocycles. The van der Waals surface area contributed by atoms with Crippen molar-refractivity contribution in [2.45, 2.75) is 0 Å². The van der Waals surface area contributed by atoms with Crippen LogP contribution in [-0.2, 0) is 15.1 Å². The molecule has 18 heavy (non-hydrogen) atoms. The molecule has 1 N–H and O–H groups in total. The largest absolute Gasteiger partial charge is 0.365 e. The number of nitrogens with zero attached hydrogens (tertiary/aromatic N) is 3. The summed E-state index contributed by atoms with van der Waals surface area (Å²) in [5, 5.41) is 0.667. The van der Waals surface area contributed by atoms with Crippen molar-refractivity contribution >= 4 is 27.7 Å². The summed E-state index contributed by atoms with van der Waals surface area (Å²) in [5.74, 6) is 0. The van der Waals surface area contributed by atoms with Crippen molar-refractivity contribution in [3.05, 3.63) is 30.6 Å². The van der Waals surface area contributed by atoms with E-state index < -0.39 is 10.3 Å². The van der Waals surface area contributed by atoms with Gasteiger partial charge in [-0.15, -0.1) is 0 Å². The third-order valence-electron chi connectivity index (χ3n) is 1.87. The first-order chi connectivity index (χ1) is 8.36. The number of pyridine rings is 1. The van der Waals surface area contributed by atoms with E-state index in [0.29, 0.717) is 5.39 Å². The summed E-state index contributed by atoms with van der Waals surface area (Å²) in [6.45, 7) is 0. The molecule has 7 nitrogen and oxygen atoms in total. The average molecular weight is 271 g/mol. The molecule has 98 valence electrons. The van der Waals surface area contributed by atoms with Crippen LogP contribution in [-0.4, -0.2) is 47.3 Å². The molecule has 2 aromatic rings. The molecule has 0 aromatic carbocycles. The second-order valence-corrected chi connectivity index (χ2v) is 4.86. The molecule has 0 saturated heterocycles. The van der Waals surface area contributed by atoms with Gasteiger partial charge < -0.3 is 4.90 Å². The molecule has 0 spiro atoms. The first-order valence-corrected chi connectivity index (χ1v) is 6.27. The highest BCUT2D eigenvalue weighted by molar-refractivity contribution is 7.84. The van der Waals surface area contributed by atoms with Crippen LogP contribution in [0.2, 0.25) is 0 Å². The fourth-order valence-corrected chi connectivity index (χ4v) is 1.71. The third kappa shape index (κ3) is 3.54. The molecule has 0 fully saturated rings. The lowest BCUT2D eigenvalue weighted by Gasteiger charge is -1.97. The van der Waals surface area contributed by atoms with Gasteiger partial charge >= 0.3 is 10.3 Å². The number of hydrogen-bond donors (Lipinski definition) is 1. The molecule has 1 amide bonds. The lowest BCUT2D eigenvalue weighted by molar-refractivity contribution is -0.115. The number of aromatic nitrogens is 2. The summed E-state index contributed by atoms with van der Waals surface area (Å²) in [7, 11) is -0.857. The predicted molar refractivity (Wildman–Crippen MR) is 66.4 cm³/mol. The Labute approximate surface area is 105 Å². The minimum Gasteiger partial charge on any atom is -0.351 e. The van der Waals surface area contributed by atoms with Crippen molar-refractivity contribution in [2.24, 2.45) is 0 Å². The molecule has 0 aliphatic carbocycles. The van der Waals surface area contributed by atoms with E-state index in [0.717, 1.165) is 10.4 Å². The number of fused-ring (bicyclic) bond motifs is 1. The van der Waals surface area contributed by atoms with E-state index in [9.17, 15) is 13.2 Å². The molecule has 0 aliphatic rings. The van der Waals surface area contributed by atoms with Gasteiger partial charge in [-0.3, -0.25) is 9.35 Å². The zero-order valence-corrected chi connectivity index (χ0v) is 10.7. The number of carbonyl (C=O) groups is 1. The molecule has 2 rings (SSSR count). The maximum Gasteiger partial charge on any atom is 0.365 e. The lowest BCUT2D eigenvalue weighted by atomic mass is 10.3. The van der Waals surface area contributed by atoms with Crippen LogP contribution in [0.5, 0.6) is 0 Å². The molecule has 0 saturated carbocycles. The van der Waals surface area contributed by atoms with Gasteiger partial charge in [-0.25, -0.2) is 8.96 Å². The van der Waals surface area contributed by atoms with E-state index in [4.69, 9.17) is 4.55 Å². The van der Waals surface area contributed by atoms with Gasteiger partial charge in [0.1, 0.15) is 0 Å². The average Bonchev–Trinajstić information content (AvgIpc) is 2.73. The molecule has 0 unspecified atom stereocenters. The fraction of sp³-hybridized carbons (Fsp3) is 0.200. The molecule has 0 radical (unpaired) electrons. The number of hydrogen-bond acceptors (Lipinski definition) is 4. The first kappa shape index (κ1) is 14.1. The van der Waals surface area contributed by atoms with Gasteiger partial charge in [0.05, 0.1) is 0 Å². The van der Waals surface area contributed by atoms with Crippen LogP contribution < -0.4 is 0 Å². The normalized spacial score (nSPS) is 10.6. The van der Waals surface area contributed by atoms with Crippen LogP contribution >= 0.6 is 0 Å². The van der Waals surface area contributed by atoms with Gasteiger partial charge in [-0.1, -0.05) is 0 Å². The first-order valence-electron chi connectivity index (χ1n) is 4.88. The Morgan fingerprint density at radius 2 is 2.00 bits per heavy atom. The third-order valence-corrected chi connectivity index (χ3v) is 2.67. The minimum absolute atomic E-state index is 0.227. The highest BCUT2D eigenvalue weighted by atomic mass is 32.2. The van der Waals surface area contributed by atoms with Crippen LogP contribution in [0.1, 0.15) is 0 Å². The van der Waals surface area contributed by atoms with E-state index >= 15 is 0 Å². The SMILES string of the molecule is CN(C)C=O.O=S(=O)(O)n1ccc2cccnc21. The summed E-state index contributed by atoms with van der Waals surface area (Å²) >= 11 is 0. The van der Waals surface area contributed by atoms with Crippen molar-refractivity contribution in [2.75, 3.05) is 14.1 Å².